The Hall–Kier alpha value is -1.71. The van der Waals surface area contributed by atoms with Crippen molar-refractivity contribution >= 4 is 11.5 Å². The van der Waals surface area contributed by atoms with Crippen LogP contribution in [0.15, 0.2) is 18.2 Å². The van der Waals surface area contributed by atoms with Crippen molar-refractivity contribution < 1.29 is 5.11 Å². The predicted octanol–water partition coefficient (Wildman–Crippen LogP) is 1.72. The summed E-state index contributed by atoms with van der Waals surface area (Å²) in [4.78, 5) is 2.15. The van der Waals surface area contributed by atoms with Gasteiger partial charge >= 0.3 is 0 Å². The number of nitrogens with two attached hydrogens (primary N) is 1. The number of hydrogen-bond acceptors (Lipinski definition) is 3. The molecule has 1 aromatic rings. The number of aromatic hydroxyl groups is 1. The molecule has 0 aromatic heterocycles. The highest BCUT2D eigenvalue weighted by Gasteiger charge is 2.07. The predicted molar refractivity (Wildman–Crippen MR) is 67.3 cm³/mol. The third kappa shape index (κ3) is 2.89. The summed E-state index contributed by atoms with van der Waals surface area (Å²) in [5, 5.41) is 17.0. The van der Waals surface area contributed by atoms with Crippen LogP contribution in [0.2, 0.25) is 0 Å². The summed E-state index contributed by atoms with van der Waals surface area (Å²) in [5.74, 6) is 0.269. The van der Waals surface area contributed by atoms with Gasteiger partial charge < -0.3 is 15.7 Å². The molecule has 0 aliphatic rings. The summed E-state index contributed by atoms with van der Waals surface area (Å²) < 4.78 is 0. The number of rotatable bonds is 5. The van der Waals surface area contributed by atoms with Crippen molar-refractivity contribution in [1.82, 2.24) is 0 Å². The number of amidine groups is 1. The molecule has 0 saturated heterocycles. The topological polar surface area (TPSA) is 73.3 Å². The van der Waals surface area contributed by atoms with Crippen molar-refractivity contribution in [2.45, 2.75) is 20.3 Å². The van der Waals surface area contributed by atoms with Gasteiger partial charge in [-0.05, 0) is 19.9 Å². The SMILES string of the molecule is CCN(CC)c1ccc(CC(=N)N)c(O)c1. The van der Waals surface area contributed by atoms with Crippen LogP contribution in [-0.2, 0) is 6.42 Å². The average molecular weight is 221 g/mol. The Labute approximate surface area is 96.2 Å². The van der Waals surface area contributed by atoms with E-state index >= 15 is 0 Å². The molecule has 1 aromatic carbocycles. The van der Waals surface area contributed by atoms with Crippen LogP contribution in [0.25, 0.3) is 0 Å². The first-order valence-corrected chi connectivity index (χ1v) is 5.48. The maximum atomic E-state index is 9.80. The molecule has 0 amide bonds. The van der Waals surface area contributed by atoms with Gasteiger partial charge in [-0.1, -0.05) is 6.07 Å². The van der Waals surface area contributed by atoms with Gasteiger partial charge in [0.1, 0.15) is 5.75 Å². The second-order valence-electron chi connectivity index (χ2n) is 3.69. The highest BCUT2D eigenvalue weighted by atomic mass is 16.3. The Morgan fingerprint density at radius 3 is 2.44 bits per heavy atom. The number of hydrogen-bond donors (Lipinski definition) is 3. The molecule has 4 N–H and O–H groups in total. The molecule has 0 heterocycles. The van der Waals surface area contributed by atoms with Crippen LogP contribution in [0, 0.1) is 5.41 Å². The first kappa shape index (κ1) is 12.4. The quantitative estimate of drug-likeness (QED) is 0.523. The Morgan fingerprint density at radius 1 is 1.38 bits per heavy atom. The number of phenols is 1. The van der Waals surface area contributed by atoms with Gasteiger partial charge in [0.2, 0.25) is 0 Å². The second kappa shape index (κ2) is 5.39. The number of benzene rings is 1. The van der Waals surface area contributed by atoms with Crippen molar-refractivity contribution in [1.29, 1.82) is 5.41 Å². The minimum absolute atomic E-state index is 0.0610. The van der Waals surface area contributed by atoms with E-state index in [1.807, 2.05) is 12.1 Å². The Kier molecular flexibility index (Phi) is 4.17. The Morgan fingerprint density at radius 2 is 2.00 bits per heavy atom. The van der Waals surface area contributed by atoms with Crippen molar-refractivity contribution in [2.24, 2.45) is 5.73 Å². The summed E-state index contributed by atoms with van der Waals surface area (Å²) in [5.41, 5.74) is 7.00. The zero-order valence-corrected chi connectivity index (χ0v) is 9.83. The average Bonchev–Trinajstić information content (AvgIpc) is 2.23. The molecule has 0 saturated carbocycles. The fraction of sp³-hybridized carbons (Fsp3) is 0.417. The minimum atomic E-state index is 0.0610. The summed E-state index contributed by atoms with van der Waals surface area (Å²) in [6.07, 6.45) is 0.296. The highest BCUT2D eigenvalue weighted by molar-refractivity contribution is 5.80. The smallest absolute Gasteiger partial charge is 0.121 e. The van der Waals surface area contributed by atoms with Crippen LogP contribution in [0.4, 0.5) is 5.69 Å². The zero-order chi connectivity index (χ0) is 12.1. The van der Waals surface area contributed by atoms with Crippen LogP contribution in [0.5, 0.6) is 5.75 Å². The standard InChI is InChI=1S/C12H19N3O/c1-3-15(4-2)10-6-5-9(7-12(13)14)11(16)8-10/h5-6,8,16H,3-4,7H2,1-2H3,(H3,13,14). The summed E-state index contributed by atoms with van der Waals surface area (Å²) in [6, 6.07) is 5.50. The molecule has 88 valence electrons. The lowest BCUT2D eigenvalue weighted by atomic mass is 10.1. The Bertz CT molecular complexity index is 373. The molecule has 0 aliphatic heterocycles. The first-order chi connectivity index (χ1) is 7.58. The highest BCUT2D eigenvalue weighted by Crippen LogP contribution is 2.24. The Balaban J connectivity index is 2.93. The largest absolute Gasteiger partial charge is 0.508 e. The maximum absolute atomic E-state index is 9.80. The van der Waals surface area contributed by atoms with Gasteiger partial charge in [-0.3, -0.25) is 5.41 Å². The van der Waals surface area contributed by atoms with E-state index < -0.39 is 0 Å². The number of nitrogens with one attached hydrogen (secondary N) is 1. The molecule has 1 rings (SSSR count). The van der Waals surface area contributed by atoms with Crippen molar-refractivity contribution in [3.63, 3.8) is 0 Å². The zero-order valence-electron chi connectivity index (χ0n) is 9.83. The molecule has 16 heavy (non-hydrogen) atoms. The molecule has 0 unspecified atom stereocenters. The van der Waals surface area contributed by atoms with Crippen molar-refractivity contribution in [3.05, 3.63) is 23.8 Å². The lowest BCUT2D eigenvalue weighted by Crippen LogP contribution is -2.21. The molecule has 0 radical (unpaired) electrons. The summed E-state index contributed by atoms with van der Waals surface area (Å²) in [7, 11) is 0. The number of nitrogens with zero attached hydrogens (tertiary/aromatic N) is 1. The van der Waals surface area contributed by atoms with Crippen LogP contribution >= 0.6 is 0 Å². The first-order valence-electron chi connectivity index (χ1n) is 5.48. The molecule has 0 spiro atoms. The van der Waals surface area contributed by atoms with Gasteiger partial charge in [0.15, 0.2) is 0 Å². The van der Waals surface area contributed by atoms with Crippen LogP contribution < -0.4 is 10.6 Å². The van der Waals surface area contributed by atoms with E-state index in [0.717, 1.165) is 18.8 Å². The third-order valence-corrected chi connectivity index (χ3v) is 2.58. The molecule has 0 bridgehead atoms. The minimum Gasteiger partial charge on any atom is -0.508 e. The van der Waals surface area contributed by atoms with E-state index in [0.29, 0.717) is 12.0 Å². The summed E-state index contributed by atoms with van der Waals surface area (Å²) >= 11 is 0. The van der Waals surface area contributed by atoms with E-state index in [4.69, 9.17) is 11.1 Å². The van der Waals surface area contributed by atoms with E-state index in [1.54, 1.807) is 6.07 Å². The molecular formula is C12H19N3O. The number of phenolic OH excluding ortho intramolecular Hbond substituents is 1. The third-order valence-electron chi connectivity index (χ3n) is 2.58. The lowest BCUT2D eigenvalue weighted by molar-refractivity contribution is 0.470. The molecule has 4 nitrogen and oxygen atoms in total. The van der Waals surface area contributed by atoms with E-state index in [-0.39, 0.29) is 11.6 Å². The van der Waals surface area contributed by atoms with Crippen LogP contribution in [0.1, 0.15) is 19.4 Å². The number of anilines is 1. The molecule has 0 aliphatic carbocycles. The van der Waals surface area contributed by atoms with E-state index in [9.17, 15) is 5.11 Å². The molecule has 0 atom stereocenters. The van der Waals surface area contributed by atoms with E-state index in [2.05, 4.69) is 18.7 Å². The lowest BCUT2D eigenvalue weighted by Gasteiger charge is -2.21. The van der Waals surface area contributed by atoms with Crippen molar-refractivity contribution in [2.75, 3.05) is 18.0 Å². The normalized spacial score (nSPS) is 10.1. The molecular weight excluding hydrogens is 202 g/mol. The van der Waals surface area contributed by atoms with Gasteiger partial charge in [-0.15, -0.1) is 0 Å². The van der Waals surface area contributed by atoms with Gasteiger partial charge in [0.05, 0.1) is 5.84 Å². The monoisotopic (exact) mass is 221 g/mol. The van der Waals surface area contributed by atoms with Crippen molar-refractivity contribution in [3.8, 4) is 5.75 Å². The molecule has 4 heteroatoms. The second-order valence-corrected chi connectivity index (χ2v) is 3.69. The van der Waals surface area contributed by atoms with Gasteiger partial charge in [0.25, 0.3) is 0 Å². The van der Waals surface area contributed by atoms with Gasteiger partial charge in [-0.25, -0.2) is 0 Å². The fourth-order valence-electron chi connectivity index (χ4n) is 1.69. The van der Waals surface area contributed by atoms with Gasteiger partial charge in [-0.2, -0.15) is 0 Å². The molecule has 0 fully saturated rings. The van der Waals surface area contributed by atoms with E-state index in [1.165, 1.54) is 0 Å². The maximum Gasteiger partial charge on any atom is 0.121 e. The van der Waals surface area contributed by atoms with Crippen LogP contribution in [0.3, 0.4) is 0 Å². The summed E-state index contributed by atoms with van der Waals surface area (Å²) in [6.45, 7) is 5.96. The van der Waals surface area contributed by atoms with Crippen LogP contribution in [-0.4, -0.2) is 24.0 Å². The van der Waals surface area contributed by atoms with Gasteiger partial charge in [0, 0.05) is 36.8 Å². The fourth-order valence-corrected chi connectivity index (χ4v) is 1.69.